The summed E-state index contributed by atoms with van der Waals surface area (Å²) in [6.07, 6.45) is 9.24. The first kappa shape index (κ1) is 19.1. The zero-order valence-electron chi connectivity index (χ0n) is 14.4. The number of phenols is 1. The van der Waals surface area contributed by atoms with Crippen LogP contribution in [0.1, 0.15) is 63.0 Å². The fourth-order valence-electron chi connectivity index (χ4n) is 2.48. The van der Waals surface area contributed by atoms with Crippen molar-refractivity contribution in [1.29, 1.82) is 0 Å². The highest BCUT2D eigenvalue weighted by atomic mass is 16.5. The Kier molecular flexibility index (Phi) is 8.88. The lowest BCUT2D eigenvalue weighted by Gasteiger charge is -2.12. The molecule has 0 atom stereocenters. The summed E-state index contributed by atoms with van der Waals surface area (Å²) < 4.78 is 5.11. The summed E-state index contributed by atoms with van der Waals surface area (Å²) in [5, 5.41) is 12.7. The van der Waals surface area contributed by atoms with Crippen molar-refractivity contribution in [3.05, 3.63) is 29.8 Å². The van der Waals surface area contributed by atoms with Crippen LogP contribution < -0.4 is 10.1 Å². The number of nitrogens with one attached hydrogen (secondary N) is 1. The molecule has 4 nitrogen and oxygen atoms in total. The molecule has 0 heterocycles. The lowest BCUT2D eigenvalue weighted by Crippen LogP contribution is -2.22. The van der Waals surface area contributed by atoms with Crippen LogP contribution in [0.3, 0.4) is 0 Å². The molecule has 0 aliphatic carbocycles. The van der Waals surface area contributed by atoms with Crippen molar-refractivity contribution >= 4 is 12.0 Å². The molecule has 0 aliphatic heterocycles. The Hall–Kier alpha value is -1.97. The third-order valence-electron chi connectivity index (χ3n) is 3.89. The summed E-state index contributed by atoms with van der Waals surface area (Å²) >= 11 is 0. The highest BCUT2D eigenvalue weighted by molar-refractivity contribution is 5.76. The second-order valence-corrected chi connectivity index (χ2v) is 5.72. The quantitative estimate of drug-likeness (QED) is 0.594. The molecule has 1 aromatic rings. The fraction of sp³-hybridized carbons (Fsp3) is 0.526. The Bertz CT molecular complexity index is 512. The van der Waals surface area contributed by atoms with Gasteiger partial charge in [-0.05, 0) is 29.7 Å². The molecule has 0 bridgehead atoms. The summed E-state index contributed by atoms with van der Waals surface area (Å²) in [5.41, 5.74) is 1.68. The van der Waals surface area contributed by atoms with Crippen molar-refractivity contribution in [2.24, 2.45) is 0 Å². The van der Waals surface area contributed by atoms with Gasteiger partial charge in [0, 0.05) is 13.0 Å². The van der Waals surface area contributed by atoms with E-state index in [-0.39, 0.29) is 11.7 Å². The van der Waals surface area contributed by atoms with E-state index in [9.17, 15) is 9.90 Å². The van der Waals surface area contributed by atoms with Gasteiger partial charge in [0.25, 0.3) is 0 Å². The number of phenolic OH excluding ortho intramolecular Hbond substituents is 1. The van der Waals surface area contributed by atoms with E-state index >= 15 is 0 Å². The van der Waals surface area contributed by atoms with E-state index in [1.807, 2.05) is 0 Å². The SMILES string of the molecule is C=Cc1cc(O)c(OC)cc1CNC(=O)CCCCCCCC. The minimum Gasteiger partial charge on any atom is -0.504 e. The number of methoxy groups -OCH3 is 1. The fourth-order valence-corrected chi connectivity index (χ4v) is 2.48. The summed E-state index contributed by atoms with van der Waals surface area (Å²) in [6, 6.07) is 3.33. The van der Waals surface area contributed by atoms with E-state index in [1.165, 1.54) is 32.8 Å². The molecule has 128 valence electrons. The lowest BCUT2D eigenvalue weighted by molar-refractivity contribution is -0.121. The van der Waals surface area contributed by atoms with Gasteiger partial charge in [0.15, 0.2) is 11.5 Å². The second kappa shape index (κ2) is 10.7. The van der Waals surface area contributed by atoms with E-state index in [0.717, 1.165) is 24.0 Å². The van der Waals surface area contributed by atoms with E-state index in [4.69, 9.17) is 4.74 Å². The predicted octanol–water partition coefficient (Wildman–Crippen LogP) is 4.41. The van der Waals surface area contributed by atoms with Gasteiger partial charge in [-0.1, -0.05) is 51.7 Å². The van der Waals surface area contributed by atoms with Gasteiger partial charge in [0.2, 0.25) is 5.91 Å². The number of aromatic hydroxyl groups is 1. The standard InChI is InChI=1S/C19H29NO3/c1-4-6-7-8-9-10-11-19(22)20-14-16-13-18(23-3)17(21)12-15(16)5-2/h5,12-13,21H,2,4,6-11,14H2,1,3H3,(H,20,22). The molecule has 0 radical (unpaired) electrons. The molecule has 1 rings (SSSR count). The topological polar surface area (TPSA) is 58.6 Å². The van der Waals surface area contributed by atoms with E-state index < -0.39 is 0 Å². The first-order valence-electron chi connectivity index (χ1n) is 8.41. The summed E-state index contributed by atoms with van der Waals surface area (Å²) in [5.74, 6) is 0.530. The summed E-state index contributed by atoms with van der Waals surface area (Å²) in [6.45, 7) is 6.34. The van der Waals surface area contributed by atoms with Gasteiger partial charge in [0.05, 0.1) is 7.11 Å². The zero-order chi connectivity index (χ0) is 17.1. The van der Waals surface area contributed by atoms with Gasteiger partial charge in [-0.2, -0.15) is 0 Å². The van der Waals surface area contributed by atoms with E-state index in [1.54, 1.807) is 18.2 Å². The maximum Gasteiger partial charge on any atom is 0.220 e. The van der Waals surface area contributed by atoms with Gasteiger partial charge >= 0.3 is 0 Å². The van der Waals surface area contributed by atoms with Crippen LogP contribution in [-0.4, -0.2) is 18.1 Å². The highest BCUT2D eigenvalue weighted by Crippen LogP contribution is 2.30. The van der Waals surface area contributed by atoms with Crippen LogP contribution in [0.15, 0.2) is 18.7 Å². The van der Waals surface area contributed by atoms with Crippen LogP contribution >= 0.6 is 0 Å². The molecule has 0 spiro atoms. The maximum absolute atomic E-state index is 11.9. The molecule has 1 aromatic carbocycles. The molecule has 0 saturated carbocycles. The number of amides is 1. The van der Waals surface area contributed by atoms with Crippen LogP contribution in [0.25, 0.3) is 6.08 Å². The molecule has 2 N–H and O–H groups in total. The van der Waals surface area contributed by atoms with Crippen LogP contribution in [0, 0.1) is 0 Å². The highest BCUT2D eigenvalue weighted by Gasteiger charge is 2.09. The molecule has 0 fully saturated rings. The molecule has 23 heavy (non-hydrogen) atoms. The molecule has 0 aliphatic rings. The molecular weight excluding hydrogens is 290 g/mol. The minimum atomic E-state index is 0.0579. The second-order valence-electron chi connectivity index (χ2n) is 5.72. The van der Waals surface area contributed by atoms with Crippen molar-refractivity contribution in [3.8, 4) is 11.5 Å². The van der Waals surface area contributed by atoms with Gasteiger partial charge in [-0.15, -0.1) is 0 Å². The van der Waals surface area contributed by atoms with Crippen molar-refractivity contribution in [3.63, 3.8) is 0 Å². The number of ether oxygens (including phenoxy) is 1. The van der Waals surface area contributed by atoms with Gasteiger partial charge in [-0.25, -0.2) is 0 Å². The summed E-state index contributed by atoms with van der Waals surface area (Å²) in [4.78, 5) is 11.9. The minimum absolute atomic E-state index is 0.0579. The Morgan fingerprint density at radius 3 is 2.61 bits per heavy atom. The van der Waals surface area contributed by atoms with Gasteiger partial charge in [-0.3, -0.25) is 4.79 Å². The normalized spacial score (nSPS) is 10.3. The monoisotopic (exact) mass is 319 g/mol. The van der Waals surface area contributed by atoms with Crippen molar-refractivity contribution < 1.29 is 14.6 Å². The van der Waals surface area contributed by atoms with Crippen LogP contribution in [0.5, 0.6) is 11.5 Å². The number of carbonyl (C=O) groups excluding carboxylic acids is 1. The van der Waals surface area contributed by atoms with Crippen molar-refractivity contribution in [1.82, 2.24) is 5.32 Å². The van der Waals surface area contributed by atoms with E-state index in [0.29, 0.717) is 18.7 Å². The van der Waals surface area contributed by atoms with Crippen LogP contribution in [0.2, 0.25) is 0 Å². The number of unbranched alkanes of at least 4 members (excludes halogenated alkanes) is 5. The third-order valence-corrected chi connectivity index (χ3v) is 3.89. The zero-order valence-corrected chi connectivity index (χ0v) is 14.4. The first-order chi connectivity index (χ1) is 11.1. The predicted molar refractivity (Wildman–Crippen MR) is 94.6 cm³/mol. The maximum atomic E-state index is 11.9. The first-order valence-corrected chi connectivity index (χ1v) is 8.41. The largest absolute Gasteiger partial charge is 0.504 e. The Labute approximate surface area is 139 Å². The van der Waals surface area contributed by atoms with Gasteiger partial charge in [0.1, 0.15) is 0 Å². The van der Waals surface area contributed by atoms with Crippen molar-refractivity contribution in [2.45, 2.75) is 58.4 Å². The molecular formula is C19H29NO3. The van der Waals surface area contributed by atoms with Gasteiger partial charge < -0.3 is 15.2 Å². The Morgan fingerprint density at radius 2 is 1.96 bits per heavy atom. The Morgan fingerprint density at radius 1 is 1.26 bits per heavy atom. The number of benzene rings is 1. The molecule has 0 unspecified atom stereocenters. The van der Waals surface area contributed by atoms with E-state index in [2.05, 4.69) is 18.8 Å². The smallest absolute Gasteiger partial charge is 0.220 e. The number of hydrogen-bond donors (Lipinski definition) is 2. The van der Waals surface area contributed by atoms with Crippen molar-refractivity contribution in [2.75, 3.05) is 7.11 Å². The average molecular weight is 319 g/mol. The average Bonchev–Trinajstić information content (AvgIpc) is 2.56. The molecule has 0 saturated heterocycles. The molecule has 1 amide bonds. The number of carbonyl (C=O) groups is 1. The lowest BCUT2D eigenvalue weighted by atomic mass is 10.1. The van der Waals surface area contributed by atoms with Crippen LogP contribution in [-0.2, 0) is 11.3 Å². The molecule has 0 aromatic heterocycles. The van der Waals surface area contributed by atoms with Crippen LogP contribution in [0.4, 0.5) is 0 Å². The molecule has 4 heteroatoms. The number of hydrogen-bond acceptors (Lipinski definition) is 3. The third kappa shape index (κ3) is 6.76. The number of rotatable bonds is 11. The summed E-state index contributed by atoms with van der Waals surface area (Å²) in [7, 11) is 1.50. The Balaban J connectivity index is 2.42.